The van der Waals surface area contributed by atoms with Gasteiger partial charge < -0.3 is 4.74 Å². The third kappa shape index (κ3) is 4.81. The number of amides is 1. The Hall–Kier alpha value is -0.810. The van der Waals surface area contributed by atoms with Crippen LogP contribution >= 0.6 is 22.9 Å². The van der Waals surface area contributed by atoms with Gasteiger partial charge in [-0.25, -0.2) is 9.78 Å². The van der Waals surface area contributed by atoms with Gasteiger partial charge >= 0.3 is 6.09 Å². The smallest absolute Gasteiger partial charge is 0.413 e. The van der Waals surface area contributed by atoms with Crippen molar-refractivity contribution >= 4 is 34.2 Å². The molecule has 90 valence electrons. The zero-order chi connectivity index (χ0) is 12.2. The topological polar surface area (TPSA) is 51.2 Å². The number of carbonyl (C=O) groups is 1. The second kappa shape index (κ2) is 5.50. The number of rotatable bonds is 3. The first-order valence-electron chi connectivity index (χ1n) is 4.91. The highest BCUT2D eigenvalue weighted by molar-refractivity contribution is 7.15. The van der Waals surface area contributed by atoms with Crippen LogP contribution in [0.15, 0.2) is 6.20 Å². The number of carbonyl (C=O) groups excluding carboxylic acids is 1. The van der Waals surface area contributed by atoms with Crippen molar-refractivity contribution < 1.29 is 9.53 Å². The maximum absolute atomic E-state index is 11.4. The van der Waals surface area contributed by atoms with Gasteiger partial charge in [-0.3, -0.25) is 5.32 Å². The quantitative estimate of drug-likeness (QED) is 0.851. The number of aromatic nitrogens is 1. The van der Waals surface area contributed by atoms with E-state index >= 15 is 0 Å². The highest BCUT2D eigenvalue weighted by Crippen LogP contribution is 2.19. The molecule has 1 N–H and O–H groups in total. The molecule has 16 heavy (non-hydrogen) atoms. The molecule has 0 radical (unpaired) electrons. The molecule has 0 saturated heterocycles. The Morgan fingerprint density at radius 1 is 1.62 bits per heavy atom. The zero-order valence-corrected chi connectivity index (χ0v) is 11.1. The molecule has 6 heteroatoms. The van der Waals surface area contributed by atoms with Gasteiger partial charge in [-0.15, -0.1) is 22.9 Å². The van der Waals surface area contributed by atoms with Crippen LogP contribution in [-0.4, -0.2) is 22.6 Å². The molecule has 1 rings (SSSR count). The average Bonchev–Trinajstić information content (AvgIpc) is 2.49. The minimum atomic E-state index is -0.500. The third-order valence-electron chi connectivity index (χ3n) is 1.50. The van der Waals surface area contributed by atoms with Crippen molar-refractivity contribution in [2.75, 3.05) is 11.2 Å². The lowest BCUT2D eigenvalue weighted by Crippen LogP contribution is -2.27. The predicted octanol–water partition coefficient (Wildman–Crippen LogP) is 3.27. The molecule has 0 aliphatic carbocycles. The van der Waals surface area contributed by atoms with Gasteiger partial charge in [0.15, 0.2) is 5.13 Å². The summed E-state index contributed by atoms with van der Waals surface area (Å²) in [6, 6.07) is 0. The number of hydrogen-bond acceptors (Lipinski definition) is 4. The van der Waals surface area contributed by atoms with Crippen LogP contribution in [0.2, 0.25) is 0 Å². The van der Waals surface area contributed by atoms with Gasteiger partial charge in [0.05, 0.1) is 0 Å². The first-order valence-corrected chi connectivity index (χ1v) is 6.26. The molecular weight excluding hydrogens is 248 g/mol. The van der Waals surface area contributed by atoms with E-state index in [0.717, 1.165) is 11.3 Å². The number of nitrogens with one attached hydrogen (secondary N) is 1. The van der Waals surface area contributed by atoms with Crippen molar-refractivity contribution in [2.24, 2.45) is 0 Å². The van der Waals surface area contributed by atoms with Crippen molar-refractivity contribution in [1.82, 2.24) is 4.98 Å². The minimum absolute atomic E-state index is 0.487. The summed E-state index contributed by atoms with van der Waals surface area (Å²) in [5, 5.41) is 3.12. The number of alkyl halides is 1. The Morgan fingerprint density at radius 2 is 2.31 bits per heavy atom. The normalized spacial score (nSPS) is 11.2. The molecule has 1 amide bonds. The van der Waals surface area contributed by atoms with E-state index in [2.05, 4.69) is 10.3 Å². The summed E-state index contributed by atoms with van der Waals surface area (Å²) in [5.74, 6) is 0.550. The Bertz CT molecular complexity index is 360. The number of thiazole rings is 1. The molecular formula is C10H15ClN2O2S. The predicted molar refractivity (Wildman–Crippen MR) is 66.4 cm³/mol. The van der Waals surface area contributed by atoms with Crippen LogP contribution < -0.4 is 5.32 Å². The minimum Gasteiger partial charge on any atom is -0.444 e. The van der Waals surface area contributed by atoms with Crippen LogP contribution in [-0.2, 0) is 11.2 Å². The van der Waals surface area contributed by atoms with Gasteiger partial charge in [0.25, 0.3) is 0 Å². The zero-order valence-electron chi connectivity index (χ0n) is 9.54. The van der Waals surface area contributed by atoms with Crippen molar-refractivity contribution in [2.45, 2.75) is 32.8 Å². The standard InChI is InChI=1S/C10H15ClN2O2S/c1-10(2,3)15-9(14)13-8-12-6-7(16-8)4-5-11/h6H,4-5H2,1-3H3,(H,12,13,14). The molecule has 0 fully saturated rings. The van der Waals surface area contributed by atoms with E-state index in [9.17, 15) is 4.79 Å². The summed E-state index contributed by atoms with van der Waals surface area (Å²) >= 11 is 7.01. The molecule has 0 aliphatic rings. The fraction of sp³-hybridized carbons (Fsp3) is 0.600. The lowest BCUT2D eigenvalue weighted by Gasteiger charge is -2.18. The highest BCUT2D eigenvalue weighted by Gasteiger charge is 2.17. The number of halogens is 1. The Labute approximate surface area is 104 Å². The monoisotopic (exact) mass is 262 g/mol. The van der Waals surface area contributed by atoms with E-state index in [1.807, 2.05) is 20.8 Å². The molecule has 0 spiro atoms. The van der Waals surface area contributed by atoms with Gasteiger partial charge in [0.1, 0.15) is 5.60 Å². The summed E-state index contributed by atoms with van der Waals surface area (Å²) in [7, 11) is 0. The van der Waals surface area contributed by atoms with Gasteiger partial charge in [0, 0.05) is 17.0 Å². The second-order valence-corrected chi connectivity index (χ2v) is 5.69. The van der Waals surface area contributed by atoms with Crippen LogP contribution in [0.25, 0.3) is 0 Å². The highest BCUT2D eigenvalue weighted by atomic mass is 35.5. The van der Waals surface area contributed by atoms with Crippen LogP contribution in [0, 0.1) is 0 Å². The molecule has 4 nitrogen and oxygen atoms in total. The summed E-state index contributed by atoms with van der Waals surface area (Å²) in [4.78, 5) is 16.5. The van der Waals surface area contributed by atoms with Crippen molar-refractivity contribution in [3.8, 4) is 0 Å². The fourth-order valence-corrected chi connectivity index (χ4v) is 2.08. The van der Waals surface area contributed by atoms with Gasteiger partial charge in [0.2, 0.25) is 0 Å². The largest absolute Gasteiger partial charge is 0.444 e. The molecule has 0 aliphatic heterocycles. The number of aryl methyl sites for hydroxylation is 1. The lowest BCUT2D eigenvalue weighted by atomic mass is 10.2. The molecule has 0 aromatic carbocycles. The van der Waals surface area contributed by atoms with E-state index in [1.54, 1.807) is 6.20 Å². The molecule has 1 aromatic rings. The van der Waals surface area contributed by atoms with E-state index in [1.165, 1.54) is 11.3 Å². The van der Waals surface area contributed by atoms with E-state index < -0.39 is 11.7 Å². The van der Waals surface area contributed by atoms with Crippen LogP contribution in [0.3, 0.4) is 0 Å². The number of anilines is 1. The summed E-state index contributed by atoms with van der Waals surface area (Å²) in [5.41, 5.74) is -0.500. The van der Waals surface area contributed by atoms with Crippen molar-refractivity contribution in [3.05, 3.63) is 11.1 Å². The molecule has 0 bridgehead atoms. The molecule has 1 aromatic heterocycles. The molecule has 1 heterocycles. The van der Waals surface area contributed by atoms with Crippen molar-refractivity contribution in [3.63, 3.8) is 0 Å². The van der Waals surface area contributed by atoms with Crippen LogP contribution in [0.5, 0.6) is 0 Å². The first-order chi connectivity index (χ1) is 7.40. The van der Waals surface area contributed by atoms with E-state index in [-0.39, 0.29) is 0 Å². The number of ether oxygens (including phenoxy) is 1. The first kappa shape index (κ1) is 13.3. The van der Waals surface area contributed by atoms with Crippen LogP contribution in [0.1, 0.15) is 25.6 Å². The van der Waals surface area contributed by atoms with Gasteiger partial charge in [-0.1, -0.05) is 0 Å². The Kier molecular flexibility index (Phi) is 4.56. The molecule has 0 atom stereocenters. The van der Waals surface area contributed by atoms with Crippen molar-refractivity contribution in [1.29, 1.82) is 0 Å². The van der Waals surface area contributed by atoms with Gasteiger partial charge in [-0.2, -0.15) is 0 Å². The molecule has 0 unspecified atom stereocenters. The summed E-state index contributed by atoms with van der Waals surface area (Å²) < 4.78 is 5.10. The van der Waals surface area contributed by atoms with Crippen LogP contribution in [0.4, 0.5) is 9.93 Å². The average molecular weight is 263 g/mol. The number of hydrogen-bond donors (Lipinski definition) is 1. The van der Waals surface area contributed by atoms with E-state index in [0.29, 0.717) is 11.0 Å². The Balaban J connectivity index is 2.50. The maximum Gasteiger partial charge on any atom is 0.413 e. The lowest BCUT2D eigenvalue weighted by molar-refractivity contribution is 0.0636. The van der Waals surface area contributed by atoms with E-state index in [4.69, 9.17) is 16.3 Å². The number of nitrogens with zero attached hydrogens (tertiary/aromatic N) is 1. The maximum atomic E-state index is 11.4. The second-order valence-electron chi connectivity index (χ2n) is 4.20. The molecule has 0 saturated carbocycles. The van der Waals surface area contributed by atoms with Gasteiger partial charge in [-0.05, 0) is 27.2 Å². The summed E-state index contributed by atoms with van der Waals surface area (Å²) in [6.45, 7) is 5.44. The third-order valence-corrected chi connectivity index (χ3v) is 2.66. The summed E-state index contributed by atoms with van der Waals surface area (Å²) in [6.07, 6.45) is 1.98. The Morgan fingerprint density at radius 3 is 2.88 bits per heavy atom. The fourth-order valence-electron chi connectivity index (χ4n) is 0.965. The SMILES string of the molecule is CC(C)(C)OC(=O)Nc1ncc(CCCl)s1.